The largest absolute Gasteiger partial charge is 0.495 e. The maximum absolute atomic E-state index is 12.5. The normalized spacial score (nSPS) is 12.8. The Kier molecular flexibility index (Phi) is 6.16. The number of fused-ring (bicyclic) bond motifs is 1. The second kappa shape index (κ2) is 9.02. The van der Waals surface area contributed by atoms with Crippen LogP contribution < -0.4 is 14.8 Å². The molecule has 166 valence electrons. The molecule has 0 radical (unpaired) electrons. The summed E-state index contributed by atoms with van der Waals surface area (Å²) in [5.41, 5.74) is 3.25. The predicted octanol–water partition coefficient (Wildman–Crippen LogP) is 4.32. The van der Waals surface area contributed by atoms with Crippen molar-refractivity contribution in [3.05, 3.63) is 64.3 Å². The Labute approximate surface area is 191 Å². The van der Waals surface area contributed by atoms with Gasteiger partial charge < -0.3 is 24.6 Å². The lowest BCUT2D eigenvalue weighted by atomic mass is 10.1. The van der Waals surface area contributed by atoms with Crippen LogP contribution in [0.1, 0.15) is 21.5 Å². The van der Waals surface area contributed by atoms with Crippen LogP contribution in [0.4, 0.5) is 11.6 Å². The van der Waals surface area contributed by atoms with Crippen molar-refractivity contribution in [1.82, 2.24) is 19.8 Å². The van der Waals surface area contributed by atoms with E-state index in [9.17, 15) is 4.79 Å². The van der Waals surface area contributed by atoms with Crippen molar-refractivity contribution in [3.8, 4) is 17.4 Å². The van der Waals surface area contributed by atoms with Crippen LogP contribution in [0.15, 0.2) is 42.6 Å². The first-order valence-corrected chi connectivity index (χ1v) is 10.4. The first-order valence-electron chi connectivity index (χ1n) is 10.0. The minimum atomic E-state index is -0.0957. The van der Waals surface area contributed by atoms with E-state index in [4.69, 9.17) is 21.1 Å². The number of aromatic nitrogens is 2. The molecule has 2 aromatic carbocycles. The Hall–Kier alpha value is -3.36. The fourth-order valence-electron chi connectivity index (χ4n) is 3.56. The van der Waals surface area contributed by atoms with E-state index in [0.717, 1.165) is 17.7 Å². The number of halogens is 1. The summed E-state index contributed by atoms with van der Waals surface area (Å²) in [6.45, 7) is 1.33. The molecule has 4 rings (SSSR count). The lowest BCUT2D eigenvalue weighted by Crippen LogP contribution is -2.17. The quantitative estimate of drug-likeness (QED) is 0.570. The van der Waals surface area contributed by atoms with Gasteiger partial charge in [-0.1, -0.05) is 29.8 Å². The molecule has 1 aliphatic heterocycles. The average molecular weight is 454 g/mol. The first kappa shape index (κ1) is 21.9. The van der Waals surface area contributed by atoms with Crippen molar-refractivity contribution in [2.24, 2.45) is 0 Å². The zero-order valence-electron chi connectivity index (χ0n) is 18.3. The van der Waals surface area contributed by atoms with Crippen LogP contribution in [0, 0.1) is 0 Å². The highest BCUT2D eigenvalue weighted by Crippen LogP contribution is 2.36. The molecule has 8 nitrogen and oxygen atoms in total. The Bertz CT molecular complexity index is 1170. The maximum atomic E-state index is 12.5. The third kappa shape index (κ3) is 4.46. The number of ether oxygens (including phenoxy) is 2. The van der Waals surface area contributed by atoms with E-state index in [1.165, 1.54) is 6.20 Å². The number of rotatable bonds is 7. The van der Waals surface area contributed by atoms with Crippen LogP contribution in [0.5, 0.6) is 17.4 Å². The van der Waals surface area contributed by atoms with Gasteiger partial charge in [0.15, 0.2) is 0 Å². The zero-order valence-corrected chi connectivity index (χ0v) is 19.1. The van der Waals surface area contributed by atoms with E-state index in [0.29, 0.717) is 35.2 Å². The topological polar surface area (TPSA) is 79.8 Å². The van der Waals surface area contributed by atoms with Crippen LogP contribution in [-0.4, -0.2) is 53.9 Å². The molecular formula is C23H24ClN5O3. The van der Waals surface area contributed by atoms with Gasteiger partial charge in [-0.25, -0.2) is 4.98 Å². The van der Waals surface area contributed by atoms with E-state index in [1.807, 2.05) is 44.4 Å². The molecule has 0 aliphatic carbocycles. The van der Waals surface area contributed by atoms with Crippen LogP contribution in [0.2, 0.25) is 5.02 Å². The Morgan fingerprint density at radius 3 is 2.78 bits per heavy atom. The number of methoxy groups -OCH3 is 1. The molecule has 0 atom stereocenters. The average Bonchev–Trinajstić information content (AvgIpc) is 3.05. The van der Waals surface area contributed by atoms with Gasteiger partial charge in [0.2, 0.25) is 11.8 Å². The molecule has 1 aromatic heterocycles. The summed E-state index contributed by atoms with van der Waals surface area (Å²) in [5, 5.41) is 3.39. The van der Waals surface area contributed by atoms with E-state index >= 15 is 0 Å². The molecule has 1 amide bonds. The number of carbonyl (C=O) groups is 1. The van der Waals surface area contributed by atoms with Crippen molar-refractivity contribution in [2.45, 2.75) is 13.1 Å². The SMILES string of the molecule is COc1cc(CN(C)C)ccc1Nc1ncc(Cl)c(Oc2cccc3c2C(=O)N(C)C3)n1. The summed E-state index contributed by atoms with van der Waals surface area (Å²) in [4.78, 5) is 24.9. The second-order valence-electron chi connectivity index (χ2n) is 7.80. The number of nitrogens with zero attached hydrogens (tertiary/aromatic N) is 4. The predicted molar refractivity (Wildman–Crippen MR) is 123 cm³/mol. The number of hydrogen-bond donors (Lipinski definition) is 1. The molecule has 1 N–H and O–H groups in total. The van der Waals surface area contributed by atoms with E-state index in [-0.39, 0.29) is 16.8 Å². The van der Waals surface area contributed by atoms with Gasteiger partial charge in [-0.2, -0.15) is 4.98 Å². The molecule has 1 aliphatic rings. The summed E-state index contributed by atoms with van der Waals surface area (Å²) >= 11 is 6.29. The lowest BCUT2D eigenvalue weighted by Gasteiger charge is -2.15. The van der Waals surface area contributed by atoms with E-state index < -0.39 is 0 Å². The van der Waals surface area contributed by atoms with E-state index in [1.54, 1.807) is 25.1 Å². The Morgan fingerprint density at radius 1 is 1.22 bits per heavy atom. The first-order chi connectivity index (χ1) is 15.4. The van der Waals surface area contributed by atoms with Crippen LogP contribution >= 0.6 is 11.6 Å². The molecule has 0 saturated carbocycles. The molecule has 2 heterocycles. The molecule has 9 heteroatoms. The molecule has 0 bridgehead atoms. The van der Waals surface area contributed by atoms with E-state index in [2.05, 4.69) is 20.2 Å². The van der Waals surface area contributed by atoms with Crippen molar-refractivity contribution in [2.75, 3.05) is 33.6 Å². The number of amides is 1. The molecule has 0 saturated heterocycles. The number of carbonyl (C=O) groups excluding carboxylic acids is 1. The Balaban J connectivity index is 1.60. The summed E-state index contributed by atoms with van der Waals surface area (Å²) in [5.74, 6) is 1.43. The third-order valence-electron chi connectivity index (χ3n) is 5.01. The summed E-state index contributed by atoms with van der Waals surface area (Å²) < 4.78 is 11.5. The van der Waals surface area contributed by atoms with Crippen molar-refractivity contribution >= 4 is 29.1 Å². The highest BCUT2D eigenvalue weighted by molar-refractivity contribution is 6.31. The van der Waals surface area contributed by atoms with Gasteiger partial charge in [0.05, 0.1) is 24.6 Å². The maximum Gasteiger partial charge on any atom is 0.258 e. The molecular weight excluding hydrogens is 430 g/mol. The van der Waals surface area contributed by atoms with Gasteiger partial charge >= 0.3 is 0 Å². The lowest BCUT2D eigenvalue weighted by molar-refractivity contribution is 0.0814. The standard InChI is InChI=1S/C23H24ClN5O3/c1-28(2)12-14-8-9-17(19(10-14)31-4)26-23-25-11-16(24)21(27-23)32-18-7-5-6-15-13-29(3)22(30)20(15)18/h5-11H,12-13H2,1-4H3,(H,25,26,27). The van der Waals surface area contributed by atoms with Gasteiger partial charge in [-0.05, 0) is 43.4 Å². The minimum absolute atomic E-state index is 0.0957. The van der Waals surface area contributed by atoms with Crippen molar-refractivity contribution in [1.29, 1.82) is 0 Å². The highest BCUT2D eigenvalue weighted by Gasteiger charge is 2.28. The Morgan fingerprint density at radius 2 is 2.03 bits per heavy atom. The van der Waals surface area contributed by atoms with Crippen molar-refractivity contribution < 1.29 is 14.3 Å². The van der Waals surface area contributed by atoms with Gasteiger partial charge in [0, 0.05) is 20.1 Å². The third-order valence-corrected chi connectivity index (χ3v) is 5.27. The van der Waals surface area contributed by atoms with Gasteiger partial charge in [-0.15, -0.1) is 0 Å². The number of nitrogens with one attached hydrogen (secondary N) is 1. The van der Waals surface area contributed by atoms with Crippen LogP contribution in [-0.2, 0) is 13.1 Å². The second-order valence-corrected chi connectivity index (χ2v) is 8.20. The van der Waals surface area contributed by atoms with Gasteiger partial charge in [0.1, 0.15) is 16.5 Å². The minimum Gasteiger partial charge on any atom is -0.495 e. The smallest absolute Gasteiger partial charge is 0.258 e. The number of benzene rings is 2. The number of anilines is 2. The van der Waals surface area contributed by atoms with Gasteiger partial charge in [-0.3, -0.25) is 4.79 Å². The molecule has 0 unspecified atom stereocenters. The van der Waals surface area contributed by atoms with Crippen LogP contribution in [0.25, 0.3) is 0 Å². The molecule has 0 spiro atoms. The number of hydrogen-bond acceptors (Lipinski definition) is 7. The summed E-state index contributed by atoms with van der Waals surface area (Å²) in [7, 11) is 7.38. The molecule has 32 heavy (non-hydrogen) atoms. The highest BCUT2D eigenvalue weighted by atomic mass is 35.5. The molecule has 3 aromatic rings. The zero-order chi connectivity index (χ0) is 22.8. The fourth-order valence-corrected chi connectivity index (χ4v) is 3.69. The van der Waals surface area contributed by atoms with Gasteiger partial charge in [0.25, 0.3) is 5.91 Å². The van der Waals surface area contributed by atoms with Crippen molar-refractivity contribution in [3.63, 3.8) is 0 Å². The summed E-state index contributed by atoms with van der Waals surface area (Å²) in [6, 6.07) is 11.4. The summed E-state index contributed by atoms with van der Waals surface area (Å²) in [6.07, 6.45) is 1.45. The monoisotopic (exact) mass is 453 g/mol. The van der Waals surface area contributed by atoms with Crippen LogP contribution in [0.3, 0.4) is 0 Å². The fraction of sp³-hybridized carbons (Fsp3) is 0.261. The molecule has 0 fully saturated rings.